The van der Waals surface area contributed by atoms with Crippen LogP contribution in [0.4, 0.5) is 0 Å². The Balaban J connectivity index is 2.35. The van der Waals surface area contributed by atoms with E-state index in [0.717, 1.165) is 24.8 Å². The molecule has 2 heteroatoms. The second kappa shape index (κ2) is 4.61. The lowest BCUT2D eigenvalue weighted by Gasteiger charge is -2.37. The molecular weight excluding hydrogens is 210 g/mol. The van der Waals surface area contributed by atoms with Gasteiger partial charge in [-0.1, -0.05) is 30.7 Å². The summed E-state index contributed by atoms with van der Waals surface area (Å²) in [7, 11) is 0. The maximum atomic E-state index is 12.0. The zero-order valence-electron chi connectivity index (χ0n) is 10.7. The minimum atomic E-state index is -0.525. The van der Waals surface area contributed by atoms with Gasteiger partial charge in [-0.3, -0.25) is 4.79 Å². The van der Waals surface area contributed by atoms with Gasteiger partial charge >= 0.3 is 0 Å². The number of benzene rings is 1. The van der Waals surface area contributed by atoms with Gasteiger partial charge in [-0.25, -0.2) is 0 Å². The molecule has 2 nitrogen and oxygen atoms in total. The van der Waals surface area contributed by atoms with Crippen molar-refractivity contribution in [2.45, 2.75) is 45.1 Å². The van der Waals surface area contributed by atoms with Gasteiger partial charge in [-0.15, -0.1) is 0 Å². The molecule has 2 atom stereocenters. The normalized spacial score (nSPS) is 24.4. The average molecular weight is 231 g/mol. The summed E-state index contributed by atoms with van der Waals surface area (Å²) in [6, 6.07) is 8.13. The molecule has 1 aromatic rings. The highest BCUT2D eigenvalue weighted by Gasteiger charge is 2.38. The molecule has 2 rings (SSSR count). The summed E-state index contributed by atoms with van der Waals surface area (Å²) in [5.74, 6) is 0.321. The maximum Gasteiger partial charge on any atom is 0.138 e. The van der Waals surface area contributed by atoms with Crippen LogP contribution in [0.25, 0.3) is 0 Å². The number of carbonyl (C=O) groups is 1. The maximum absolute atomic E-state index is 12.0. The Morgan fingerprint density at radius 3 is 2.65 bits per heavy atom. The lowest BCUT2D eigenvalue weighted by molar-refractivity contribution is -0.126. The van der Waals surface area contributed by atoms with Gasteiger partial charge in [0, 0.05) is 17.9 Å². The van der Waals surface area contributed by atoms with E-state index in [1.165, 1.54) is 5.56 Å². The first kappa shape index (κ1) is 12.3. The summed E-state index contributed by atoms with van der Waals surface area (Å²) >= 11 is 0. The van der Waals surface area contributed by atoms with Crippen molar-refractivity contribution in [2.75, 3.05) is 0 Å². The van der Waals surface area contributed by atoms with Crippen LogP contribution in [0.2, 0.25) is 0 Å². The highest BCUT2D eigenvalue weighted by Crippen LogP contribution is 2.36. The van der Waals surface area contributed by atoms with E-state index in [9.17, 15) is 4.79 Å². The number of hydrogen-bond acceptors (Lipinski definition) is 2. The minimum Gasteiger partial charge on any atom is -0.321 e. The molecule has 1 aliphatic rings. The van der Waals surface area contributed by atoms with Crippen LogP contribution in [0.1, 0.15) is 43.7 Å². The molecule has 0 amide bonds. The predicted molar refractivity (Wildman–Crippen MR) is 69.7 cm³/mol. The molecule has 1 aromatic carbocycles. The van der Waals surface area contributed by atoms with Crippen molar-refractivity contribution in [3.63, 3.8) is 0 Å². The third-order valence-electron chi connectivity index (χ3n) is 4.00. The monoisotopic (exact) mass is 231 g/mol. The van der Waals surface area contributed by atoms with Crippen LogP contribution in [-0.4, -0.2) is 5.78 Å². The van der Waals surface area contributed by atoms with E-state index in [1.807, 2.05) is 19.1 Å². The first-order chi connectivity index (χ1) is 8.03. The second-order valence-corrected chi connectivity index (χ2v) is 5.36. The molecule has 0 bridgehead atoms. The number of ketones is 1. The van der Waals surface area contributed by atoms with Crippen LogP contribution in [0.5, 0.6) is 0 Å². The number of Topliss-reactive ketones (excluding diaryl/α,β-unsaturated/α-hetero) is 1. The zero-order chi connectivity index (χ0) is 12.5. The molecule has 0 heterocycles. The molecule has 0 saturated heterocycles. The average Bonchev–Trinajstić information content (AvgIpc) is 2.29. The first-order valence-corrected chi connectivity index (χ1v) is 6.41. The number of rotatable bonds is 2. The molecule has 1 aliphatic carbocycles. The standard InChI is InChI=1S/C15H21NO/c1-11-7-3-4-8-12(11)15(2,16)13-9-5-6-10-14(13)17/h3-4,7-8,13H,5-6,9-10,16H2,1-2H3. The molecule has 0 aromatic heterocycles. The third-order valence-corrected chi connectivity index (χ3v) is 4.00. The molecule has 0 spiro atoms. The summed E-state index contributed by atoms with van der Waals surface area (Å²) in [4.78, 5) is 12.0. The topological polar surface area (TPSA) is 43.1 Å². The SMILES string of the molecule is Cc1ccccc1C(C)(N)C1CCCCC1=O. The van der Waals surface area contributed by atoms with Crippen LogP contribution in [0.3, 0.4) is 0 Å². The summed E-state index contributed by atoms with van der Waals surface area (Å²) < 4.78 is 0. The van der Waals surface area contributed by atoms with Gasteiger partial charge in [0.1, 0.15) is 5.78 Å². The van der Waals surface area contributed by atoms with Crippen LogP contribution < -0.4 is 5.73 Å². The second-order valence-electron chi connectivity index (χ2n) is 5.36. The van der Waals surface area contributed by atoms with E-state index in [1.54, 1.807) is 0 Å². The minimum absolute atomic E-state index is 0.0163. The van der Waals surface area contributed by atoms with Crippen LogP contribution >= 0.6 is 0 Å². The van der Waals surface area contributed by atoms with Crippen LogP contribution in [-0.2, 0) is 10.3 Å². The van der Waals surface area contributed by atoms with Gasteiger partial charge < -0.3 is 5.73 Å². The summed E-state index contributed by atoms with van der Waals surface area (Å²) in [5, 5.41) is 0. The Morgan fingerprint density at radius 2 is 2.00 bits per heavy atom. The van der Waals surface area contributed by atoms with Crippen LogP contribution in [0, 0.1) is 12.8 Å². The summed E-state index contributed by atoms with van der Waals surface area (Å²) in [5.41, 5.74) is 8.25. The molecule has 2 N–H and O–H groups in total. The Bertz CT molecular complexity index is 423. The largest absolute Gasteiger partial charge is 0.321 e. The van der Waals surface area contributed by atoms with Crippen molar-refractivity contribution in [3.8, 4) is 0 Å². The van der Waals surface area contributed by atoms with Crippen LogP contribution in [0.15, 0.2) is 24.3 Å². The van der Waals surface area contributed by atoms with E-state index >= 15 is 0 Å². The van der Waals surface area contributed by atoms with Gasteiger partial charge in [0.25, 0.3) is 0 Å². The molecule has 2 unspecified atom stereocenters. The quantitative estimate of drug-likeness (QED) is 0.850. The smallest absolute Gasteiger partial charge is 0.138 e. The van der Waals surface area contributed by atoms with Gasteiger partial charge in [0.2, 0.25) is 0 Å². The lowest BCUT2D eigenvalue weighted by Crippen LogP contribution is -2.46. The van der Waals surface area contributed by atoms with Gasteiger partial charge in [-0.2, -0.15) is 0 Å². The van der Waals surface area contributed by atoms with Gasteiger partial charge in [-0.05, 0) is 37.8 Å². The van der Waals surface area contributed by atoms with Crippen molar-refractivity contribution in [1.82, 2.24) is 0 Å². The summed E-state index contributed by atoms with van der Waals surface area (Å²) in [6.07, 6.45) is 3.78. The van der Waals surface area contributed by atoms with Crippen molar-refractivity contribution in [1.29, 1.82) is 0 Å². The van der Waals surface area contributed by atoms with Crippen molar-refractivity contribution in [3.05, 3.63) is 35.4 Å². The fourth-order valence-electron chi connectivity index (χ4n) is 2.98. The Kier molecular flexibility index (Phi) is 3.34. The molecular formula is C15H21NO. The third kappa shape index (κ3) is 2.27. The fourth-order valence-corrected chi connectivity index (χ4v) is 2.98. The van der Waals surface area contributed by atoms with Gasteiger partial charge in [0.05, 0.1) is 0 Å². The van der Waals surface area contributed by atoms with E-state index in [0.29, 0.717) is 12.2 Å². The number of carbonyl (C=O) groups excluding carboxylic acids is 1. The van der Waals surface area contributed by atoms with Gasteiger partial charge in [0.15, 0.2) is 0 Å². The molecule has 0 aliphatic heterocycles. The Hall–Kier alpha value is -1.15. The van der Waals surface area contributed by atoms with Crippen molar-refractivity contribution >= 4 is 5.78 Å². The Labute approximate surface area is 103 Å². The number of nitrogens with two attached hydrogens (primary N) is 1. The highest BCUT2D eigenvalue weighted by molar-refractivity contribution is 5.83. The Morgan fingerprint density at radius 1 is 1.29 bits per heavy atom. The fraction of sp³-hybridized carbons (Fsp3) is 0.533. The number of hydrogen-bond donors (Lipinski definition) is 1. The van der Waals surface area contributed by atoms with E-state index in [2.05, 4.69) is 19.1 Å². The lowest BCUT2D eigenvalue weighted by atomic mass is 9.71. The molecule has 17 heavy (non-hydrogen) atoms. The molecule has 1 fully saturated rings. The highest BCUT2D eigenvalue weighted by atomic mass is 16.1. The molecule has 1 saturated carbocycles. The predicted octanol–water partition coefficient (Wildman–Crippen LogP) is 2.93. The number of aryl methyl sites for hydroxylation is 1. The van der Waals surface area contributed by atoms with E-state index in [-0.39, 0.29) is 5.92 Å². The molecule has 92 valence electrons. The zero-order valence-corrected chi connectivity index (χ0v) is 10.7. The van der Waals surface area contributed by atoms with Crippen molar-refractivity contribution in [2.24, 2.45) is 11.7 Å². The summed E-state index contributed by atoms with van der Waals surface area (Å²) in [6.45, 7) is 4.07. The van der Waals surface area contributed by atoms with E-state index in [4.69, 9.17) is 5.73 Å². The first-order valence-electron chi connectivity index (χ1n) is 6.41. The van der Waals surface area contributed by atoms with Crippen molar-refractivity contribution < 1.29 is 4.79 Å². The molecule has 0 radical (unpaired) electrons. The van der Waals surface area contributed by atoms with E-state index < -0.39 is 5.54 Å².